The van der Waals surface area contributed by atoms with Crippen LogP contribution in [0.2, 0.25) is 0 Å². The lowest BCUT2D eigenvalue weighted by Crippen LogP contribution is -2.25. The molecule has 1 fully saturated rings. The van der Waals surface area contributed by atoms with Crippen molar-refractivity contribution in [3.8, 4) is 5.75 Å². The zero-order valence-electron chi connectivity index (χ0n) is 19.6. The molecule has 8 nitrogen and oxygen atoms in total. The molecule has 1 aromatic carbocycles. The highest BCUT2D eigenvalue weighted by atomic mass is 32.2. The Morgan fingerprint density at radius 2 is 2.00 bits per heavy atom. The lowest BCUT2D eigenvalue weighted by molar-refractivity contribution is 0.172. The fourth-order valence-electron chi connectivity index (χ4n) is 3.42. The Kier molecular flexibility index (Phi) is 7.08. The smallest absolute Gasteiger partial charge is 0.414 e. The molecule has 4 rings (SSSR count). The molecule has 0 saturated heterocycles. The van der Waals surface area contributed by atoms with Gasteiger partial charge in [0.15, 0.2) is 11.6 Å². The Morgan fingerprint density at radius 3 is 2.68 bits per heavy atom. The lowest BCUT2D eigenvalue weighted by Gasteiger charge is -2.17. The second-order valence-corrected chi connectivity index (χ2v) is 9.84. The molecule has 0 unspecified atom stereocenters. The SMILES string of the molecule is CN(C)Cc1c(Cc2ccnc(NSC3CC3)c2F)c(=O)oc2cc(OC(=O)N(C)C)ccc12. The van der Waals surface area contributed by atoms with Gasteiger partial charge in [-0.1, -0.05) is 0 Å². The number of anilines is 1. The minimum atomic E-state index is -0.557. The first-order valence-electron chi connectivity index (χ1n) is 10.9. The van der Waals surface area contributed by atoms with Crippen LogP contribution in [0.15, 0.2) is 39.7 Å². The van der Waals surface area contributed by atoms with E-state index in [0.717, 1.165) is 18.4 Å². The second-order valence-electron chi connectivity index (χ2n) is 8.73. The number of hydrogen-bond acceptors (Lipinski definition) is 8. The van der Waals surface area contributed by atoms with Crippen LogP contribution in [0.4, 0.5) is 15.0 Å². The van der Waals surface area contributed by atoms with Crippen molar-refractivity contribution in [1.82, 2.24) is 14.8 Å². The number of fused-ring (bicyclic) bond motifs is 1. The van der Waals surface area contributed by atoms with Crippen LogP contribution in [0.5, 0.6) is 5.75 Å². The molecule has 0 bridgehead atoms. The van der Waals surface area contributed by atoms with Gasteiger partial charge in [0.25, 0.3) is 0 Å². The summed E-state index contributed by atoms with van der Waals surface area (Å²) in [4.78, 5) is 32.3. The molecule has 1 aliphatic rings. The predicted molar refractivity (Wildman–Crippen MR) is 131 cm³/mol. The minimum Gasteiger partial charge on any atom is -0.422 e. The molecule has 10 heteroatoms. The highest BCUT2D eigenvalue weighted by Crippen LogP contribution is 2.35. The number of nitrogens with zero attached hydrogens (tertiary/aromatic N) is 3. The van der Waals surface area contributed by atoms with Gasteiger partial charge in [0.2, 0.25) is 0 Å². The molecule has 34 heavy (non-hydrogen) atoms. The zero-order valence-corrected chi connectivity index (χ0v) is 20.4. The predicted octanol–water partition coefficient (Wildman–Crippen LogP) is 4.26. The number of benzene rings is 1. The summed E-state index contributed by atoms with van der Waals surface area (Å²) in [6.45, 7) is 0.448. The number of amides is 1. The number of nitrogens with one attached hydrogen (secondary N) is 1. The maximum Gasteiger partial charge on any atom is 0.414 e. The Bertz CT molecular complexity index is 1270. The molecular weight excluding hydrogens is 459 g/mol. The van der Waals surface area contributed by atoms with Crippen molar-refractivity contribution in [1.29, 1.82) is 0 Å². The molecule has 180 valence electrons. The fourth-order valence-corrected chi connectivity index (χ4v) is 4.21. The third-order valence-electron chi connectivity index (χ3n) is 5.32. The largest absolute Gasteiger partial charge is 0.422 e. The lowest BCUT2D eigenvalue weighted by atomic mass is 9.98. The summed E-state index contributed by atoms with van der Waals surface area (Å²) >= 11 is 1.47. The first-order chi connectivity index (χ1) is 16.2. The van der Waals surface area contributed by atoms with Crippen LogP contribution in [0.3, 0.4) is 0 Å². The molecule has 1 N–H and O–H groups in total. The molecule has 3 aromatic rings. The number of ether oxygens (including phenoxy) is 1. The molecule has 0 spiro atoms. The van der Waals surface area contributed by atoms with E-state index in [9.17, 15) is 9.59 Å². The first-order valence-corrected chi connectivity index (χ1v) is 11.8. The van der Waals surface area contributed by atoms with Gasteiger partial charge in [-0.2, -0.15) is 0 Å². The van der Waals surface area contributed by atoms with Crippen LogP contribution in [0.25, 0.3) is 11.0 Å². The molecule has 0 atom stereocenters. The Balaban J connectivity index is 1.72. The number of halogens is 1. The van der Waals surface area contributed by atoms with Crippen LogP contribution >= 0.6 is 11.9 Å². The number of hydrogen-bond donors (Lipinski definition) is 1. The van der Waals surface area contributed by atoms with Crippen molar-refractivity contribution in [3.05, 3.63) is 63.4 Å². The fraction of sp³-hybridized carbons (Fsp3) is 0.375. The Morgan fingerprint density at radius 1 is 1.24 bits per heavy atom. The number of carbonyl (C=O) groups is 1. The Labute approximate surface area is 201 Å². The number of carbonyl (C=O) groups excluding carboxylic acids is 1. The standard InChI is InChI=1S/C24H27FN4O4S/c1-28(2)13-19-17-8-5-15(32-24(31)29(3)4)12-20(17)33-23(30)18(19)11-14-9-10-26-22(21(14)25)27-34-16-6-7-16/h5,8-10,12,16H,6-7,11,13H2,1-4H3,(H,26,27). The Hall–Kier alpha value is -3.11. The molecule has 0 radical (unpaired) electrons. The van der Waals surface area contributed by atoms with E-state index in [1.165, 1.54) is 29.1 Å². The molecular formula is C24H27FN4O4S. The second kappa shape index (κ2) is 10.0. The van der Waals surface area contributed by atoms with Gasteiger partial charge in [0, 0.05) is 55.5 Å². The highest BCUT2D eigenvalue weighted by molar-refractivity contribution is 8.01. The van der Waals surface area contributed by atoms with Crippen LogP contribution in [0, 0.1) is 5.82 Å². The van der Waals surface area contributed by atoms with Gasteiger partial charge < -0.3 is 23.7 Å². The summed E-state index contributed by atoms with van der Waals surface area (Å²) in [6, 6.07) is 6.50. The quantitative estimate of drug-likeness (QED) is 0.373. The average Bonchev–Trinajstić information content (AvgIpc) is 3.60. The van der Waals surface area contributed by atoms with Gasteiger partial charge in [0.05, 0.1) is 0 Å². The van der Waals surface area contributed by atoms with E-state index in [1.54, 1.807) is 32.3 Å². The van der Waals surface area contributed by atoms with E-state index in [0.29, 0.717) is 33.9 Å². The van der Waals surface area contributed by atoms with Crippen molar-refractivity contribution in [3.63, 3.8) is 0 Å². The molecule has 2 aromatic heterocycles. The van der Waals surface area contributed by atoms with Gasteiger partial charge in [-0.25, -0.2) is 19.0 Å². The van der Waals surface area contributed by atoms with Crippen LogP contribution in [0.1, 0.15) is 29.5 Å². The summed E-state index contributed by atoms with van der Waals surface area (Å²) < 4.78 is 29.1. The first kappa shape index (κ1) is 24.0. The van der Waals surface area contributed by atoms with Crippen molar-refractivity contribution >= 4 is 34.8 Å². The van der Waals surface area contributed by atoms with Gasteiger partial charge in [0.1, 0.15) is 11.3 Å². The van der Waals surface area contributed by atoms with Crippen LogP contribution in [-0.4, -0.2) is 54.3 Å². The van der Waals surface area contributed by atoms with Crippen molar-refractivity contribution in [2.45, 2.75) is 31.1 Å². The molecule has 0 aliphatic heterocycles. The maximum atomic E-state index is 15.2. The zero-order chi connectivity index (χ0) is 24.4. The molecule has 1 saturated carbocycles. The van der Waals surface area contributed by atoms with Gasteiger partial charge >= 0.3 is 11.7 Å². The third kappa shape index (κ3) is 5.51. The highest BCUT2D eigenvalue weighted by Gasteiger charge is 2.24. The van der Waals surface area contributed by atoms with Crippen LogP contribution < -0.4 is 15.1 Å². The van der Waals surface area contributed by atoms with Gasteiger partial charge in [-0.15, -0.1) is 0 Å². The number of pyridine rings is 1. The monoisotopic (exact) mass is 486 g/mol. The van der Waals surface area contributed by atoms with E-state index in [4.69, 9.17) is 9.15 Å². The van der Waals surface area contributed by atoms with Crippen molar-refractivity contribution in [2.75, 3.05) is 32.9 Å². The van der Waals surface area contributed by atoms with Gasteiger partial charge in [-0.05, 0) is 68.2 Å². The summed E-state index contributed by atoms with van der Waals surface area (Å²) in [5, 5.41) is 1.19. The number of aromatic nitrogens is 1. The molecule has 1 amide bonds. The van der Waals surface area contributed by atoms with E-state index >= 15 is 4.39 Å². The van der Waals surface area contributed by atoms with Crippen molar-refractivity contribution < 1.29 is 18.3 Å². The summed E-state index contributed by atoms with van der Waals surface area (Å²) in [7, 11) is 6.94. The normalized spacial score (nSPS) is 13.4. The van der Waals surface area contributed by atoms with E-state index in [1.807, 2.05) is 19.0 Å². The topological polar surface area (TPSA) is 87.9 Å². The van der Waals surface area contributed by atoms with Crippen molar-refractivity contribution in [2.24, 2.45) is 0 Å². The minimum absolute atomic E-state index is 0.0654. The average molecular weight is 487 g/mol. The third-order valence-corrected chi connectivity index (χ3v) is 6.44. The molecule has 2 heterocycles. The van der Waals surface area contributed by atoms with Gasteiger partial charge in [-0.3, -0.25) is 0 Å². The summed E-state index contributed by atoms with van der Waals surface area (Å²) in [6.07, 6.45) is 3.29. The maximum absolute atomic E-state index is 15.2. The van der Waals surface area contributed by atoms with E-state index in [2.05, 4.69) is 9.71 Å². The van der Waals surface area contributed by atoms with E-state index < -0.39 is 17.5 Å². The summed E-state index contributed by atoms with van der Waals surface area (Å²) in [5.41, 5.74) is 1.22. The summed E-state index contributed by atoms with van der Waals surface area (Å²) in [5.74, 6) is -0.0417. The number of rotatable bonds is 8. The van der Waals surface area contributed by atoms with E-state index in [-0.39, 0.29) is 18.0 Å². The van der Waals surface area contributed by atoms with Crippen LogP contribution in [-0.2, 0) is 13.0 Å². The molecule has 1 aliphatic carbocycles.